The lowest BCUT2D eigenvalue weighted by molar-refractivity contribution is 0.113. The van der Waals surface area contributed by atoms with Gasteiger partial charge in [-0.2, -0.15) is 0 Å². The summed E-state index contributed by atoms with van der Waals surface area (Å²) in [4.78, 5) is 19.8. The Labute approximate surface area is 99.8 Å². The fourth-order valence-electron chi connectivity index (χ4n) is 2.45. The molecule has 2 saturated heterocycles. The number of amides is 1. The third-order valence-electron chi connectivity index (χ3n) is 3.49. The molecular formula is C11H16N4O2. The van der Waals surface area contributed by atoms with Crippen LogP contribution < -0.4 is 0 Å². The van der Waals surface area contributed by atoms with E-state index in [4.69, 9.17) is 4.74 Å². The summed E-state index contributed by atoms with van der Waals surface area (Å²) in [5, 5.41) is 0. The standard InChI is InChI=1S/C11H16N4O2/c1-13-3-2-12-10(13)7-14-4-5-15-9(6-14)8-17-11(15)16/h2-3,9H,4-8H2,1H3/t9-/m1/s1. The molecule has 2 aliphatic heterocycles. The molecule has 1 atom stereocenters. The summed E-state index contributed by atoms with van der Waals surface area (Å²) in [5.41, 5.74) is 0. The summed E-state index contributed by atoms with van der Waals surface area (Å²) in [7, 11) is 2.00. The topological polar surface area (TPSA) is 50.6 Å². The van der Waals surface area contributed by atoms with E-state index in [1.807, 2.05) is 28.9 Å². The molecule has 1 aromatic rings. The Morgan fingerprint density at radius 3 is 3.18 bits per heavy atom. The molecule has 92 valence electrons. The van der Waals surface area contributed by atoms with Gasteiger partial charge in [-0.1, -0.05) is 0 Å². The minimum absolute atomic E-state index is 0.161. The lowest BCUT2D eigenvalue weighted by Crippen LogP contribution is -2.51. The van der Waals surface area contributed by atoms with Crippen LogP contribution >= 0.6 is 0 Å². The van der Waals surface area contributed by atoms with Crippen LogP contribution in [0.1, 0.15) is 5.82 Å². The number of cyclic esters (lactones) is 1. The summed E-state index contributed by atoms with van der Waals surface area (Å²) in [6.07, 6.45) is 3.60. The molecule has 0 unspecified atom stereocenters. The number of fused-ring (bicyclic) bond motifs is 1. The van der Waals surface area contributed by atoms with Gasteiger partial charge in [0.15, 0.2) is 0 Å². The van der Waals surface area contributed by atoms with Gasteiger partial charge < -0.3 is 9.30 Å². The van der Waals surface area contributed by atoms with Crippen molar-refractivity contribution in [2.75, 3.05) is 26.2 Å². The molecule has 0 bridgehead atoms. The maximum absolute atomic E-state index is 11.4. The normalized spacial score (nSPS) is 24.9. The molecule has 2 fully saturated rings. The van der Waals surface area contributed by atoms with Gasteiger partial charge in [0.05, 0.1) is 12.6 Å². The van der Waals surface area contributed by atoms with E-state index in [2.05, 4.69) is 9.88 Å². The number of imidazole rings is 1. The third-order valence-corrected chi connectivity index (χ3v) is 3.49. The lowest BCUT2D eigenvalue weighted by atomic mass is 10.2. The molecule has 0 N–H and O–H groups in total. The second-order valence-electron chi connectivity index (χ2n) is 4.61. The predicted molar refractivity (Wildman–Crippen MR) is 60.3 cm³/mol. The Hall–Kier alpha value is -1.56. The van der Waals surface area contributed by atoms with E-state index in [1.165, 1.54) is 0 Å². The summed E-state index contributed by atoms with van der Waals surface area (Å²) >= 11 is 0. The summed E-state index contributed by atoms with van der Waals surface area (Å²) in [6, 6.07) is 0.219. The Bertz CT molecular complexity index is 431. The molecule has 6 nitrogen and oxygen atoms in total. The fourth-order valence-corrected chi connectivity index (χ4v) is 2.45. The second kappa shape index (κ2) is 4.03. The molecule has 17 heavy (non-hydrogen) atoms. The van der Waals surface area contributed by atoms with Crippen molar-refractivity contribution in [2.45, 2.75) is 12.6 Å². The highest BCUT2D eigenvalue weighted by Crippen LogP contribution is 2.18. The highest BCUT2D eigenvalue weighted by Gasteiger charge is 2.37. The van der Waals surface area contributed by atoms with Crippen molar-refractivity contribution in [2.24, 2.45) is 7.05 Å². The number of hydrogen-bond donors (Lipinski definition) is 0. The van der Waals surface area contributed by atoms with Crippen molar-refractivity contribution >= 4 is 6.09 Å². The van der Waals surface area contributed by atoms with Gasteiger partial charge in [0.1, 0.15) is 12.4 Å². The molecular weight excluding hydrogens is 220 g/mol. The lowest BCUT2D eigenvalue weighted by Gasteiger charge is -2.34. The number of aromatic nitrogens is 2. The van der Waals surface area contributed by atoms with E-state index >= 15 is 0 Å². The van der Waals surface area contributed by atoms with E-state index in [9.17, 15) is 4.79 Å². The van der Waals surface area contributed by atoms with Crippen molar-refractivity contribution in [3.8, 4) is 0 Å². The van der Waals surface area contributed by atoms with Crippen LogP contribution in [0.5, 0.6) is 0 Å². The van der Waals surface area contributed by atoms with Gasteiger partial charge in [-0.3, -0.25) is 9.80 Å². The number of piperazine rings is 1. The average Bonchev–Trinajstić information content (AvgIpc) is 2.87. The van der Waals surface area contributed by atoms with E-state index < -0.39 is 0 Å². The zero-order valence-corrected chi connectivity index (χ0v) is 9.87. The highest BCUT2D eigenvalue weighted by molar-refractivity contribution is 5.70. The first kappa shape index (κ1) is 10.6. The summed E-state index contributed by atoms with van der Waals surface area (Å²) < 4.78 is 7.08. The molecule has 0 aromatic carbocycles. The number of rotatable bonds is 2. The van der Waals surface area contributed by atoms with Crippen LogP contribution in [0.15, 0.2) is 12.4 Å². The first-order valence-electron chi connectivity index (χ1n) is 5.86. The minimum Gasteiger partial charge on any atom is -0.447 e. The van der Waals surface area contributed by atoms with Gasteiger partial charge in [0.2, 0.25) is 0 Å². The summed E-state index contributed by atoms with van der Waals surface area (Å²) in [5.74, 6) is 1.06. The number of hydrogen-bond acceptors (Lipinski definition) is 4. The van der Waals surface area contributed by atoms with Crippen LogP contribution in [0.4, 0.5) is 4.79 Å². The SMILES string of the molecule is Cn1ccnc1CN1CCN2C(=O)OC[C@H]2C1. The number of carbonyl (C=O) groups is 1. The minimum atomic E-state index is -0.161. The number of aryl methyl sites for hydroxylation is 1. The molecule has 0 radical (unpaired) electrons. The Morgan fingerprint density at radius 1 is 1.53 bits per heavy atom. The van der Waals surface area contributed by atoms with Crippen molar-refractivity contribution in [1.82, 2.24) is 19.4 Å². The van der Waals surface area contributed by atoms with E-state index in [0.717, 1.165) is 32.0 Å². The van der Waals surface area contributed by atoms with Crippen LogP contribution in [0.2, 0.25) is 0 Å². The molecule has 0 saturated carbocycles. The summed E-state index contributed by atoms with van der Waals surface area (Å²) in [6.45, 7) is 3.88. The van der Waals surface area contributed by atoms with Crippen LogP contribution in [0.3, 0.4) is 0 Å². The van der Waals surface area contributed by atoms with E-state index in [0.29, 0.717) is 6.61 Å². The monoisotopic (exact) mass is 236 g/mol. The van der Waals surface area contributed by atoms with E-state index in [-0.39, 0.29) is 12.1 Å². The van der Waals surface area contributed by atoms with Gasteiger partial charge >= 0.3 is 6.09 Å². The number of carbonyl (C=O) groups excluding carboxylic acids is 1. The van der Waals surface area contributed by atoms with Crippen molar-refractivity contribution in [1.29, 1.82) is 0 Å². The van der Waals surface area contributed by atoms with Crippen LogP contribution in [0, 0.1) is 0 Å². The van der Waals surface area contributed by atoms with Gasteiger partial charge in [0.25, 0.3) is 0 Å². The highest BCUT2D eigenvalue weighted by atomic mass is 16.6. The van der Waals surface area contributed by atoms with Crippen LogP contribution in [0.25, 0.3) is 0 Å². The zero-order chi connectivity index (χ0) is 11.8. The second-order valence-corrected chi connectivity index (χ2v) is 4.61. The first-order valence-corrected chi connectivity index (χ1v) is 5.86. The zero-order valence-electron chi connectivity index (χ0n) is 9.87. The predicted octanol–water partition coefficient (Wildman–Crippen LogP) is 0.0565. The number of ether oxygens (including phenoxy) is 1. The van der Waals surface area contributed by atoms with Crippen molar-refractivity contribution in [3.63, 3.8) is 0 Å². The molecule has 0 spiro atoms. The molecule has 3 rings (SSSR count). The maximum atomic E-state index is 11.4. The molecule has 1 amide bonds. The molecule has 1 aromatic heterocycles. The first-order chi connectivity index (χ1) is 8.24. The Morgan fingerprint density at radius 2 is 2.41 bits per heavy atom. The molecule has 2 aliphatic rings. The third kappa shape index (κ3) is 1.88. The average molecular weight is 236 g/mol. The molecule has 3 heterocycles. The largest absolute Gasteiger partial charge is 0.447 e. The van der Waals surface area contributed by atoms with Gasteiger partial charge in [-0.25, -0.2) is 9.78 Å². The van der Waals surface area contributed by atoms with Gasteiger partial charge in [0, 0.05) is 39.1 Å². The van der Waals surface area contributed by atoms with Gasteiger partial charge in [-0.15, -0.1) is 0 Å². The van der Waals surface area contributed by atoms with Crippen molar-refractivity contribution < 1.29 is 9.53 Å². The van der Waals surface area contributed by atoms with E-state index in [1.54, 1.807) is 0 Å². The molecule has 0 aliphatic carbocycles. The van der Waals surface area contributed by atoms with Crippen LogP contribution in [-0.2, 0) is 18.3 Å². The quantitative estimate of drug-likeness (QED) is 0.728. The fraction of sp³-hybridized carbons (Fsp3) is 0.636. The van der Waals surface area contributed by atoms with Crippen molar-refractivity contribution in [3.05, 3.63) is 18.2 Å². The smallest absolute Gasteiger partial charge is 0.410 e. The molecule has 6 heteroatoms. The van der Waals surface area contributed by atoms with Crippen LogP contribution in [-0.4, -0.2) is 57.7 Å². The maximum Gasteiger partial charge on any atom is 0.410 e. The number of nitrogens with zero attached hydrogens (tertiary/aromatic N) is 4. The Kier molecular flexibility index (Phi) is 2.51. The Balaban J connectivity index is 1.64. The van der Waals surface area contributed by atoms with Gasteiger partial charge in [-0.05, 0) is 0 Å².